The fourth-order valence-corrected chi connectivity index (χ4v) is 2.63. The highest BCUT2D eigenvalue weighted by atomic mass is 79.9. The van der Waals surface area contributed by atoms with E-state index in [1.807, 2.05) is 12.1 Å². The number of esters is 1. The van der Waals surface area contributed by atoms with Crippen molar-refractivity contribution in [2.24, 2.45) is 0 Å². The molecule has 0 radical (unpaired) electrons. The van der Waals surface area contributed by atoms with Gasteiger partial charge in [-0.25, -0.2) is 4.79 Å². The molecular formula is C15H16BrNO3. The van der Waals surface area contributed by atoms with Crippen LogP contribution in [-0.2, 0) is 9.53 Å². The van der Waals surface area contributed by atoms with Gasteiger partial charge >= 0.3 is 5.97 Å². The van der Waals surface area contributed by atoms with E-state index >= 15 is 0 Å². The number of nitrogens with one attached hydrogen (secondary N) is 1. The third-order valence-corrected chi connectivity index (χ3v) is 3.76. The number of carbonyl (C=O) groups is 2. The summed E-state index contributed by atoms with van der Waals surface area (Å²) >= 11 is 3.49. The van der Waals surface area contributed by atoms with Crippen molar-refractivity contribution in [1.82, 2.24) is 4.98 Å². The van der Waals surface area contributed by atoms with Crippen LogP contribution >= 0.6 is 15.9 Å². The second kappa shape index (κ2) is 5.79. The van der Waals surface area contributed by atoms with Crippen LogP contribution in [0.5, 0.6) is 0 Å². The van der Waals surface area contributed by atoms with Crippen LogP contribution in [0.4, 0.5) is 0 Å². The average Bonchev–Trinajstić information content (AvgIpc) is 2.82. The first-order valence-corrected chi connectivity index (χ1v) is 7.27. The number of aromatic amines is 1. The number of H-pyrrole nitrogens is 1. The van der Waals surface area contributed by atoms with Gasteiger partial charge in [0.1, 0.15) is 0 Å². The van der Waals surface area contributed by atoms with Crippen LogP contribution in [0.2, 0.25) is 0 Å². The van der Waals surface area contributed by atoms with Crippen LogP contribution in [-0.4, -0.2) is 23.3 Å². The van der Waals surface area contributed by atoms with E-state index in [2.05, 4.69) is 34.8 Å². The second-order valence-electron chi connectivity index (χ2n) is 4.83. The average molecular weight is 338 g/mol. The largest absolute Gasteiger partial charge is 0.460 e. The summed E-state index contributed by atoms with van der Waals surface area (Å²) in [5, 5.41) is 0.737. The van der Waals surface area contributed by atoms with E-state index in [1.165, 1.54) is 0 Å². The zero-order valence-corrected chi connectivity index (χ0v) is 13.2. The number of hydrogen-bond donors (Lipinski definition) is 1. The summed E-state index contributed by atoms with van der Waals surface area (Å²) in [6.07, 6.45) is 1.55. The maximum Gasteiger partial charge on any atom is 0.379 e. The fourth-order valence-electron chi connectivity index (χ4n) is 2.04. The maximum atomic E-state index is 12.1. The normalized spacial score (nSPS) is 11.1. The van der Waals surface area contributed by atoms with E-state index in [1.54, 1.807) is 13.1 Å². The van der Waals surface area contributed by atoms with Gasteiger partial charge in [0.25, 0.3) is 5.78 Å². The molecule has 0 fully saturated rings. The van der Waals surface area contributed by atoms with Gasteiger partial charge < -0.3 is 9.72 Å². The summed E-state index contributed by atoms with van der Waals surface area (Å²) in [6.45, 7) is 6.02. The Morgan fingerprint density at radius 1 is 1.35 bits per heavy atom. The molecule has 4 nitrogen and oxygen atoms in total. The summed E-state index contributed by atoms with van der Waals surface area (Å²) in [5.41, 5.74) is 2.26. The van der Waals surface area contributed by atoms with Crippen LogP contribution in [0.15, 0.2) is 22.8 Å². The van der Waals surface area contributed by atoms with Gasteiger partial charge in [0.15, 0.2) is 0 Å². The summed E-state index contributed by atoms with van der Waals surface area (Å²) in [6, 6.07) is 3.95. The first-order chi connectivity index (χ1) is 9.45. The number of fused-ring (bicyclic) bond motifs is 1. The third kappa shape index (κ3) is 2.63. The van der Waals surface area contributed by atoms with E-state index < -0.39 is 11.8 Å². The Labute approximate surface area is 125 Å². The lowest BCUT2D eigenvalue weighted by molar-refractivity contribution is -0.137. The monoisotopic (exact) mass is 337 g/mol. The van der Waals surface area contributed by atoms with Crippen LogP contribution in [0, 0.1) is 0 Å². The van der Waals surface area contributed by atoms with Gasteiger partial charge in [0.05, 0.1) is 17.7 Å². The molecule has 0 saturated carbocycles. The number of hydrogen-bond acceptors (Lipinski definition) is 3. The predicted molar refractivity (Wildman–Crippen MR) is 81.1 cm³/mol. The first-order valence-electron chi connectivity index (χ1n) is 6.47. The summed E-state index contributed by atoms with van der Waals surface area (Å²) in [4.78, 5) is 26.7. The quantitative estimate of drug-likeness (QED) is 0.524. The van der Waals surface area contributed by atoms with Gasteiger partial charge in [-0.15, -0.1) is 0 Å². The van der Waals surface area contributed by atoms with Crippen molar-refractivity contribution in [2.45, 2.75) is 26.7 Å². The van der Waals surface area contributed by atoms with Gasteiger partial charge in [-0.3, -0.25) is 4.79 Å². The van der Waals surface area contributed by atoms with Crippen LogP contribution in [0.3, 0.4) is 0 Å². The van der Waals surface area contributed by atoms with E-state index in [4.69, 9.17) is 4.74 Å². The minimum absolute atomic E-state index is 0.188. The predicted octanol–water partition coefficient (Wildman–Crippen LogP) is 3.80. The van der Waals surface area contributed by atoms with Gasteiger partial charge in [0.2, 0.25) is 0 Å². The number of ketones is 1. The lowest BCUT2D eigenvalue weighted by Gasteiger charge is -2.07. The molecule has 1 heterocycles. The van der Waals surface area contributed by atoms with Crippen molar-refractivity contribution >= 4 is 38.6 Å². The van der Waals surface area contributed by atoms with E-state index in [9.17, 15) is 9.59 Å². The Morgan fingerprint density at radius 3 is 2.65 bits per heavy atom. The smallest absolute Gasteiger partial charge is 0.379 e. The molecule has 2 aromatic rings. The Morgan fingerprint density at radius 2 is 2.05 bits per heavy atom. The molecule has 0 unspecified atom stereocenters. The molecule has 0 aliphatic carbocycles. The van der Waals surface area contributed by atoms with Crippen molar-refractivity contribution in [1.29, 1.82) is 0 Å². The highest BCUT2D eigenvalue weighted by Crippen LogP contribution is 2.30. The van der Waals surface area contributed by atoms with Crippen molar-refractivity contribution < 1.29 is 14.3 Å². The Hall–Kier alpha value is -1.62. The van der Waals surface area contributed by atoms with Gasteiger partial charge in [0, 0.05) is 16.1 Å². The molecule has 2 rings (SSSR count). The Balaban J connectivity index is 2.55. The number of Topliss-reactive ketones (excluding diaryl/α,β-unsaturated/α-hetero) is 1. The number of aromatic nitrogens is 1. The van der Waals surface area contributed by atoms with E-state index in [0.717, 1.165) is 20.9 Å². The van der Waals surface area contributed by atoms with Gasteiger partial charge in [-0.1, -0.05) is 13.8 Å². The molecule has 0 amide bonds. The van der Waals surface area contributed by atoms with Crippen molar-refractivity contribution in [3.63, 3.8) is 0 Å². The van der Waals surface area contributed by atoms with E-state index in [0.29, 0.717) is 11.5 Å². The molecule has 0 aliphatic heterocycles. The van der Waals surface area contributed by atoms with Crippen LogP contribution in [0.25, 0.3) is 10.9 Å². The number of benzene rings is 1. The van der Waals surface area contributed by atoms with Crippen LogP contribution in [0.1, 0.15) is 42.6 Å². The molecule has 0 saturated heterocycles. The zero-order chi connectivity index (χ0) is 14.9. The molecule has 0 atom stereocenters. The van der Waals surface area contributed by atoms with Crippen LogP contribution < -0.4 is 0 Å². The molecule has 1 aromatic carbocycles. The zero-order valence-electron chi connectivity index (χ0n) is 11.6. The molecule has 1 aromatic heterocycles. The minimum Gasteiger partial charge on any atom is -0.460 e. The maximum absolute atomic E-state index is 12.1. The molecule has 106 valence electrons. The summed E-state index contributed by atoms with van der Waals surface area (Å²) in [7, 11) is 0. The minimum atomic E-state index is -0.820. The van der Waals surface area contributed by atoms with Crippen molar-refractivity contribution in [3.05, 3.63) is 33.9 Å². The second-order valence-corrected chi connectivity index (χ2v) is 5.69. The number of carbonyl (C=O) groups excluding carboxylic acids is 2. The standard InChI is InChI=1S/C15H16BrNO3/c1-4-20-15(19)14(18)11-7-17-13-10(11)5-9(8(2)3)6-12(13)16/h5-8,17H,4H2,1-3H3. The molecule has 20 heavy (non-hydrogen) atoms. The number of halogens is 1. The van der Waals surface area contributed by atoms with Crippen molar-refractivity contribution in [3.8, 4) is 0 Å². The lowest BCUT2D eigenvalue weighted by atomic mass is 9.99. The lowest BCUT2D eigenvalue weighted by Crippen LogP contribution is -2.17. The van der Waals surface area contributed by atoms with Gasteiger partial charge in [-0.05, 0) is 46.5 Å². The number of rotatable bonds is 4. The molecule has 0 bridgehead atoms. The van der Waals surface area contributed by atoms with E-state index in [-0.39, 0.29) is 6.61 Å². The first kappa shape index (κ1) is 14.8. The third-order valence-electron chi connectivity index (χ3n) is 3.14. The Kier molecular flexibility index (Phi) is 4.28. The van der Waals surface area contributed by atoms with Crippen molar-refractivity contribution in [2.75, 3.05) is 6.61 Å². The molecule has 0 aliphatic rings. The fraction of sp³-hybridized carbons (Fsp3) is 0.333. The topological polar surface area (TPSA) is 59.2 Å². The summed E-state index contributed by atoms with van der Waals surface area (Å²) < 4.78 is 5.65. The van der Waals surface area contributed by atoms with Gasteiger partial charge in [-0.2, -0.15) is 0 Å². The molecular weight excluding hydrogens is 322 g/mol. The highest BCUT2D eigenvalue weighted by molar-refractivity contribution is 9.10. The highest BCUT2D eigenvalue weighted by Gasteiger charge is 2.22. The molecule has 5 heteroatoms. The number of ether oxygens (including phenoxy) is 1. The Bertz CT molecular complexity index is 673. The molecule has 0 spiro atoms. The SMILES string of the molecule is CCOC(=O)C(=O)c1c[nH]c2c(Br)cc(C(C)C)cc12. The molecule has 1 N–H and O–H groups in total. The summed E-state index contributed by atoms with van der Waals surface area (Å²) in [5.74, 6) is -1.11.